The fourth-order valence-electron chi connectivity index (χ4n) is 0.815. The van der Waals surface area contributed by atoms with Crippen molar-refractivity contribution in [3.8, 4) is 0 Å². The van der Waals surface area contributed by atoms with Crippen LogP contribution in [0.5, 0.6) is 0 Å². The van der Waals surface area contributed by atoms with Gasteiger partial charge in [-0.25, -0.2) is 4.79 Å². The summed E-state index contributed by atoms with van der Waals surface area (Å²) in [6, 6.07) is 0. The van der Waals surface area contributed by atoms with Gasteiger partial charge in [-0.05, 0) is 13.8 Å². The van der Waals surface area contributed by atoms with Crippen molar-refractivity contribution in [2.45, 2.75) is 20.8 Å². The van der Waals surface area contributed by atoms with E-state index >= 15 is 0 Å². The standard InChI is InChI=1S/C10H16O2/c1-5-7-8(3)9(4)10(11)12-6-2/h5,7-8H,4,6H2,1-3H3/b7-5+/t8-/m0/s1. The van der Waals surface area contributed by atoms with Crippen LogP contribution >= 0.6 is 0 Å². The Hall–Kier alpha value is -1.05. The lowest BCUT2D eigenvalue weighted by Gasteiger charge is -2.08. The molecular weight excluding hydrogens is 152 g/mol. The van der Waals surface area contributed by atoms with E-state index in [2.05, 4.69) is 6.58 Å². The zero-order valence-corrected chi connectivity index (χ0v) is 7.96. The van der Waals surface area contributed by atoms with Crippen molar-refractivity contribution in [3.63, 3.8) is 0 Å². The van der Waals surface area contributed by atoms with Crippen LogP contribution in [-0.4, -0.2) is 12.6 Å². The summed E-state index contributed by atoms with van der Waals surface area (Å²) in [5.74, 6) is -0.239. The number of hydrogen-bond donors (Lipinski definition) is 0. The summed E-state index contributed by atoms with van der Waals surface area (Å²) in [6.07, 6.45) is 3.81. The first-order chi connectivity index (χ1) is 5.63. The first-order valence-electron chi connectivity index (χ1n) is 4.12. The van der Waals surface area contributed by atoms with Crippen LogP contribution in [0.2, 0.25) is 0 Å². The minimum atomic E-state index is -0.303. The molecular formula is C10H16O2. The molecule has 0 aromatic rings. The van der Waals surface area contributed by atoms with Crippen molar-refractivity contribution in [2.24, 2.45) is 5.92 Å². The number of carbonyl (C=O) groups is 1. The third-order valence-corrected chi connectivity index (χ3v) is 1.57. The van der Waals surface area contributed by atoms with E-state index in [9.17, 15) is 4.79 Å². The van der Waals surface area contributed by atoms with Gasteiger partial charge in [0.1, 0.15) is 0 Å². The second-order valence-corrected chi connectivity index (χ2v) is 2.56. The van der Waals surface area contributed by atoms with Gasteiger partial charge in [0, 0.05) is 11.5 Å². The molecule has 0 amide bonds. The van der Waals surface area contributed by atoms with Gasteiger partial charge in [0.25, 0.3) is 0 Å². The maximum atomic E-state index is 11.1. The van der Waals surface area contributed by atoms with Crippen molar-refractivity contribution >= 4 is 5.97 Å². The van der Waals surface area contributed by atoms with Crippen LogP contribution in [0.3, 0.4) is 0 Å². The lowest BCUT2D eigenvalue weighted by Crippen LogP contribution is -2.11. The van der Waals surface area contributed by atoms with Crippen LogP contribution in [0.15, 0.2) is 24.3 Å². The number of hydrogen-bond acceptors (Lipinski definition) is 2. The predicted molar refractivity (Wildman–Crippen MR) is 49.8 cm³/mol. The summed E-state index contributed by atoms with van der Waals surface area (Å²) in [5, 5.41) is 0. The van der Waals surface area contributed by atoms with Gasteiger partial charge in [0.2, 0.25) is 0 Å². The molecule has 2 heteroatoms. The zero-order chi connectivity index (χ0) is 9.56. The Bertz CT molecular complexity index is 192. The molecule has 0 N–H and O–H groups in total. The van der Waals surface area contributed by atoms with Crippen molar-refractivity contribution in [1.82, 2.24) is 0 Å². The van der Waals surface area contributed by atoms with E-state index in [0.29, 0.717) is 12.2 Å². The summed E-state index contributed by atoms with van der Waals surface area (Å²) in [4.78, 5) is 11.1. The largest absolute Gasteiger partial charge is 0.463 e. The van der Waals surface area contributed by atoms with Gasteiger partial charge in [-0.3, -0.25) is 0 Å². The van der Waals surface area contributed by atoms with E-state index in [1.165, 1.54) is 0 Å². The SMILES string of the molecule is C=C(C(=O)OCC)[C@@H](C)/C=C/C. The minimum Gasteiger partial charge on any atom is -0.463 e. The van der Waals surface area contributed by atoms with Crippen molar-refractivity contribution in [2.75, 3.05) is 6.61 Å². The summed E-state index contributed by atoms with van der Waals surface area (Å²) < 4.78 is 4.80. The molecule has 0 rings (SSSR count). The molecule has 0 aromatic carbocycles. The summed E-state index contributed by atoms with van der Waals surface area (Å²) in [7, 11) is 0. The van der Waals surface area contributed by atoms with Gasteiger partial charge in [-0.15, -0.1) is 0 Å². The van der Waals surface area contributed by atoms with Crippen molar-refractivity contribution < 1.29 is 9.53 Å². The zero-order valence-electron chi connectivity index (χ0n) is 7.96. The molecule has 0 aliphatic heterocycles. The first-order valence-corrected chi connectivity index (χ1v) is 4.12. The lowest BCUT2D eigenvalue weighted by molar-refractivity contribution is -0.138. The average Bonchev–Trinajstić information content (AvgIpc) is 2.04. The van der Waals surface area contributed by atoms with E-state index in [4.69, 9.17) is 4.74 Å². The molecule has 0 saturated carbocycles. The minimum absolute atomic E-state index is 0.0639. The quantitative estimate of drug-likeness (QED) is 0.366. The number of rotatable bonds is 4. The third-order valence-electron chi connectivity index (χ3n) is 1.57. The second kappa shape index (κ2) is 5.58. The maximum Gasteiger partial charge on any atom is 0.333 e. The number of ether oxygens (including phenoxy) is 1. The summed E-state index contributed by atoms with van der Waals surface area (Å²) in [5.41, 5.74) is 0.509. The Morgan fingerprint density at radius 1 is 1.67 bits per heavy atom. The van der Waals surface area contributed by atoms with Gasteiger partial charge in [0.05, 0.1) is 6.61 Å². The normalized spacial score (nSPS) is 12.9. The fourth-order valence-corrected chi connectivity index (χ4v) is 0.815. The Labute approximate surface area is 73.9 Å². The Kier molecular flexibility index (Phi) is 5.09. The Morgan fingerprint density at radius 2 is 2.25 bits per heavy atom. The fraction of sp³-hybridized carbons (Fsp3) is 0.500. The highest BCUT2D eigenvalue weighted by atomic mass is 16.5. The Balaban J connectivity index is 4.09. The molecule has 0 fully saturated rings. The van der Waals surface area contributed by atoms with Crippen LogP contribution in [0.4, 0.5) is 0 Å². The van der Waals surface area contributed by atoms with Crippen LogP contribution in [0, 0.1) is 5.92 Å². The highest BCUT2D eigenvalue weighted by Gasteiger charge is 2.12. The molecule has 0 bridgehead atoms. The number of carbonyl (C=O) groups excluding carboxylic acids is 1. The number of esters is 1. The molecule has 12 heavy (non-hydrogen) atoms. The van der Waals surface area contributed by atoms with Crippen LogP contribution in [-0.2, 0) is 9.53 Å². The molecule has 0 aliphatic carbocycles. The smallest absolute Gasteiger partial charge is 0.333 e. The molecule has 68 valence electrons. The van der Waals surface area contributed by atoms with Gasteiger partial charge < -0.3 is 4.74 Å². The average molecular weight is 168 g/mol. The highest BCUT2D eigenvalue weighted by Crippen LogP contribution is 2.11. The van der Waals surface area contributed by atoms with E-state index in [-0.39, 0.29) is 11.9 Å². The van der Waals surface area contributed by atoms with E-state index in [1.807, 2.05) is 26.0 Å². The van der Waals surface area contributed by atoms with E-state index in [1.54, 1.807) is 6.92 Å². The number of allylic oxidation sites excluding steroid dienone is 2. The lowest BCUT2D eigenvalue weighted by atomic mass is 10.0. The summed E-state index contributed by atoms with van der Waals surface area (Å²) in [6.45, 7) is 9.68. The molecule has 0 aliphatic rings. The van der Waals surface area contributed by atoms with Gasteiger partial charge in [-0.1, -0.05) is 25.7 Å². The molecule has 0 saturated heterocycles. The van der Waals surface area contributed by atoms with Crippen molar-refractivity contribution in [3.05, 3.63) is 24.3 Å². The van der Waals surface area contributed by atoms with Gasteiger partial charge in [0.15, 0.2) is 0 Å². The van der Waals surface area contributed by atoms with E-state index < -0.39 is 0 Å². The first kappa shape index (κ1) is 11.0. The monoisotopic (exact) mass is 168 g/mol. The predicted octanol–water partition coefficient (Wildman–Crippen LogP) is 2.32. The molecule has 2 nitrogen and oxygen atoms in total. The van der Waals surface area contributed by atoms with Gasteiger partial charge in [-0.2, -0.15) is 0 Å². The van der Waals surface area contributed by atoms with Crippen molar-refractivity contribution in [1.29, 1.82) is 0 Å². The van der Waals surface area contributed by atoms with Crippen LogP contribution < -0.4 is 0 Å². The van der Waals surface area contributed by atoms with E-state index in [0.717, 1.165) is 0 Å². The molecule has 0 radical (unpaired) electrons. The topological polar surface area (TPSA) is 26.3 Å². The molecule has 0 spiro atoms. The maximum absolute atomic E-state index is 11.1. The third kappa shape index (κ3) is 3.37. The molecule has 0 unspecified atom stereocenters. The Morgan fingerprint density at radius 3 is 2.67 bits per heavy atom. The second-order valence-electron chi connectivity index (χ2n) is 2.56. The van der Waals surface area contributed by atoms with Gasteiger partial charge >= 0.3 is 5.97 Å². The highest BCUT2D eigenvalue weighted by molar-refractivity contribution is 5.88. The van der Waals surface area contributed by atoms with Crippen LogP contribution in [0.25, 0.3) is 0 Å². The van der Waals surface area contributed by atoms with Crippen LogP contribution in [0.1, 0.15) is 20.8 Å². The molecule has 0 heterocycles. The summed E-state index contributed by atoms with van der Waals surface area (Å²) >= 11 is 0. The molecule has 0 aromatic heterocycles. The molecule has 1 atom stereocenters.